The maximum atomic E-state index is 13.7. The molecule has 1 aromatic heterocycles. The molecule has 3 aromatic rings. The van der Waals surface area contributed by atoms with Gasteiger partial charge in [0.05, 0.1) is 17.9 Å². The Morgan fingerprint density at radius 1 is 1.19 bits per heavy atom. The second-order valence-corrected chi connectivity index (χ2v) is 8.92. The number of carbonyl (C=O) groups excluding carboxylic acids is 2. The third-order valence-electron chi connectivity index (χ3n) is 5.97. The molecule has 1 aliphatic rings. The predicted molar refractivity (Wildman–Crippen MR) is 128 cm³/mol. The number of nitrogens with one attached hydrogen (secondary N) is 1. The van der Waals surface area contributed by atoms with E-state index in [0.717, 1.165) is 45.6 Å². The second kappa shape index (κ2) is 9.69. The Hall–Kier alpha value is -2.93. The summed E-state index contributed by atoms with van der Waals surface area (Å²) >= 11 is 1.52. The summed E-state index contributed by atoms with van der Waals surface area (Å²) in [6.45, 7) is 2.99. The predicted octanol–water partition coefficient (Wildman–Crippen LogP) is 4.28. The van der Waals surface area contributed by atoms with Crippen molar-refractivity contribution in [1.82, 2.24) is 14.8 Å². The van der Waals surface area contributed by atoms with Gasteiger partial charge in [0.2, 0.25) is 11.8 Å². The molecule has 1 atom stereocenters. The van der Waals surface area contributed by atoms with Gasteiger partial charge in [-0.25, -0.2) is 0 Å². The van der Waals surface area contributed by atoms with E-state index < -0.39 is 6.04 Å². The van der Waals surface area contributed by atoms with E-state index in [9.17, 15) is 9.59 Å². The summed E-state index contributed by atoms with van der Waals surface area (Å²) in [5, 5.41) is 5.08. The molecule has 6 nitrogen and oxygen atoms in total. The average molecular weight is 452 g/mol. The van der Waals surface area contributed by atoms with Gasteiger partial charge in [0.25, 0.3) is 0 Å². The summed E-state index contributed by atoms with van der Waals surface area (Å²) < 4.78 is 7.53. The average Bonchev–Trinajstić information content (AvgIpc) is 3.00. The van der Waals surface area contributed by atoms with Crippen molar-refractivity contribution in [1.29, 1.82) is 0 Å². The van der Waals surface area contributed by atoms with Crippen molar-refractivity contribution in [3.63, 3.8) is 0 Å². The lowest BCUT2D eigenvalue weighted by Gasteiger charge is -2.30. The highest BCUT2D eigenvalue weighted by atomic mass is 32.2. The summed E-state index contributed by atoms with van der Waals surface area (Å²) in [7, 11) is 3.63. The minimum Gasteiger partial charge on any atom is -0.496 e. The number of aromatic nitrogens is 1. The highest BCUT2D eigenvalue weighted by Gasteiger charge is 2.38. The number of hydrogen-bond acceptors (Lipinski definition) is 4. The first kappa shape index (κ1) is 22.3. The molecular weight excluding hydrogens is 422 g/mol. The highest BCUT2D eigenvalue weighted by Crippen LogP contribution is 2.41. The third-order valence-corrected chi connectivity index (χ3v) is 7.13. The van der Waals surface area contributed by atoms with Crippen molar-refractivity contribution in [3.8, 4) is 5.75 Å². The Kier molecular flexibility index (Phi) is 6.74. The van der Waals surface area contributed by atoms with E-state index in [1.165, 1.54) is 11.8 Å². The molecule has 168 valence electrons. The van der Waals surface area contributed by atoms with E-state index in [0.29, 0.717) is 18.8 Å². The molecule has 0 radical (unpaired) electrons. The topological polar surface area (TPSA) is 63.6 Å². The van der Waals surface area contributed by atoms with Crippen molar-refractivity contribution in [2.45, 2.75) is 37.4 Å². The molecule has 0 saturated carbocycles. The zero-order valence-electron chi connectivity index (χ0n) is 18.8. The standard InChI is InChI=1S/C25H29N3O3S/c1-4-5-14-28-21(29)16-32-25-22(18-11-7-8-12-19(18)27(25)2)23(28)24(30)26-15-17-10-6-9-13-20(17)31-3/h6-13,23H,4-5,14-16H2,1-3H3,(H,26,30). The monoisotopic (exact) mass is 451 g/mol. The number of nitrogens with zero attached hydrogens (tertiary/aromatic N) is 2. The number of fused-ring (bicyclic) bond motifs is 3. The molecule has 0 fully saturated rings. The molecule has 1 aliphatic heterocycles. The Morgan fingerprint density at radius 3 is 2.72 bits per heavy atom. The normalized spacial score (nSPS) is 16.0. The Morgan fingerprint density at radius 2 is 1.94 bits per heavy atom. The number of benzene rings is 2. The van der Waals surface area contributed by atoms with Crippen LogP contribution in [0.4, 0.5) is 0 Å². The summed E-state index contributed by atoms with van der Waals surface area (Å²) in [6, 6.07) is 15.1. The van der Waals surface area contributed by atoms with Gasteiger partial charge in [0.15, 0.2) is 0 Å². The van der Waals surface area contributed by atoms with Crippen molar-refractivity contribution in [3.05, 3.63) is 59.7 Å². The van der Waals surface area contributed by atoms with E-state index in [-0.39, 0.29) is 11.8 Å². The zero-order valence-corrected chi connectivity index (χ0v) is 19.6. The molecule has 2 amide bonds. The van der Waals surface area contributed by atoms with Crippen LogP contribution >= 0.6 is 11.8 Å². The molecule has 1 unspecified atom stereocenters. The van der Waals surface area contributed by atoms with Crippen LogP contribution in [-0.4, -0.2) is 40.7 Å². The fourth-order valence-electron chi connectivity index (χ4n) is 4.33. The molecule has 4 rings (SSSR count). The number of carbonyl (C=O) groups is 2. The fraction of sp³-hybridized carbons (Fsp3) is 0.360. The van der Waals surface area contributed by atoms with Gasteiger partial charge in [0.1, 0.15) is 11.8 Å². The van der Waals surface area contributed by atoms with Gasteiger partial charge < -0.3 is 19.5 Å². The zero-order chi connectivity index (χ0) is 22.7. The summed E-state index contributed by atoms with van der Waals surface area (Å²) in [6.07, 6.45) is 1.81. The van der Waals surface area contributed by atoms with Crippen LogP contribution in [0.3, 0.4) is 0 Å². The third kappa shape index (κ3) is 4.09. The van der Waals surface area contributed by atoms with E-state index in [4.69, 9.17) is 4.74 Å². The molecule has 32 heavy (non-hydrogen) atoms. The minimum absolute atomic E-state index is 0.00109. The maximum Gasteiger partial charge on any atom is 0.247 e. The van der Waals surface area contributed by atoms with Crippen LogP contribution in [0.5, 0.6) is 5.75 Å². The van der Waals surface area contributed by atoms with Crippen LogP contribution in [0, 0.1) is 0 Å². The lowest BCUT2D eigenvalue weighted by molar-refractivity contribution is -0.139. The number of hydrogen-bond donors (Lipinski definition) is 1. The van der Waals surface area contributed by atoms with Crippen LogP contribution in [0.15, 0.2) is 53.6 Å². The van der Waals surface area contributed by atoms with Gasteiger partial charge in [-0.3, -0.25) is 9.59 Å². The van der Waals surface area contributed by atoms with E-state index in [2.05, 4.69) is 22.9 Å². The second-order valence-electron chi connectivity index (χ2n) is 7.96. The summed E-state index contributed by atoms with van der Waals surface area (Å²) in [5.41, 5.74) is 2.89. The van der Waals surface area contributed by atoms with Gasteiger partial charge in [-0.1, -0.05) is 61.5 Å². The lowest BCUT2D eigenvalue weighted by Crippen LogP contribution is -2.44. The van der Waals surface area contributed by atoms with Gasteiger partial charge >= 0.3 is 0 Å². The number of methoxy groups -OCH3 is 1. The van der Waals surface area contributed by atoms with Crippen LogP contribution in [0.1, 0.15) is 36.9 Å². The Balaban J connectivity index is 1.75. The van der Waals surface area contributed by atoms with Gasteiger partial charge in [0, 0.05) is 42.2 Å². The number of thioether (sulfide) groups is 1. The lowest BCUT2D eigenvalue weighted by atomic mass is 10.0. The molecule has 0 aliphatic carbocycles. The molecule has 1 N–H and O–H groups in total. The first-order chi connectivity index (χ1) is 15.6. The van der Waals surface area contributed by atoms with Crippen LogP contribution in [0.2, 0.25) is 0 Å². The van der Waals surface area contributed by atoms with Crippen molar-refractivity contribution < 1.29 is 14.3 Å². The first-order valence-corrected chi connectivity index (χ1v) is 11.9. The Labute approximate surface area is 192 Å². The molecule has 2 aromatic carbocycles. The molecule has 0 spiro atoms. The van der Waals surface area contributed by atoms with Crippen molar-refractivity contribution in [2.75, 3.05) is 19.4 Å². The van der Waals surface area contributed by atoms with Gasteiger partial charge in [-0.15, -0.1) is 0 Å². The molecule has 2 heterocycles. The largest absolute Gasteiger partial charge is 0.496 e. The number of para-hydroxylation sites is 2. The maximum absolute atomic E-state index is 13.7. The number of unbranched alkanes of at least 4 members (excludes halogenated alkanes) is 1. The van der Waals surface area contributed by atoms with Crippen LogP contribution in [-0.2, 0) is 23.2 Å². The van der Waals surface area contributed by atoms with Crippen molar-refractivity contribution in [2.24, 2.45) is 7.05 Å². The number of amides is 2. The molecule has 7 heteroatoms. The van der Waals surface area contributed by atoms with E-state index in [1.54, 1.807) is 12.0 Å². The van der Waals surface area contributed by atoms with Crippen LogP contribution in [0.25, 0.3) is 10.9 Å². The quantitative estimate of drug-likeness (QED) is 0.582. The summed E-state index contributed by atoms with van der Waals surface area (Å²) in [5.74, 6) is 0.896. The SMILES string of the molecule is CCCCN1C(=O)CSc2c(c3ccccc3n2C)C1C(=O)NCc1ccccc1OC. The van der Waals surface area contributed by atoms with Crippen LogP contribution < -0.4 is 10.1 Å². The van der Waals surface area contributed by atoms with Gasteiger partial charge in [-0.05, 0) is 18.6 Å². The minimum atomic E-state index is -0.667. The summed E-state index contributed by atoms with van der Waals surface area (Å²) in [4.78, 5) is 28.6. The van der Waals surface area contributed by atoms with Gasteiger partial charge in [-0.2, -0.15) is 0 Å². The fourth-order valence-corrected chi connectivity index (χ4v) is 5.43. The van der Waals surface area contributed by atoms with Crippen molar-refractivity contribution >= 4 is 34.5 Å². The molecular formula is C25H29N3O3S. The first-order valence-electron chi connectivity index (χ1n) is 11.0. The smallest absolute Gasteiger partial charge is 0.247 e. The number of rotatable bonds is 7. The highest BCUT2D eigenvalue weighted by molar-refractivity contribution is 8.00. The van der Waals surface area contributed by atoms with E-state index in [1.807, 2.05) is 49.5 Å². The molecule has 0 bridgehead atoms. The van der Waals surface area contributed by atoms with E-state index >= 15 is 0 Å². The Bertz CT molecular complexity index is 1140. The molecule has 0 saturated heterocycles. The number of ether oxygens (including phenoxy) is 1. The number of aryl methyl sites for hydroxylation is 1.